The summed E-state index contributed by atoms with van der Waals surface area (Å²) in [4.78, 5) is 13.7. The fourth-order valence-corrected chi connectivity index (χ4v) is 2.02. The monoisotopic (exact) mass is 182 g/mol. The van der Waals surface area contributed by atoms with E-state index in [9.17, 15) is 4.79 Å². The van der Waals surface area contributed by atoms with Gasteiger partial charge in [-0.3, -0.25) is 4.79 Å². The highest BCUT2D eigenvalue weighted by Gasteiger charge is 2.27. The van der Waals surface area contributed by atoms with E-state index in [-0.39, 0.29) is 0 Å². The SMILES string of the molecule is CN1CC(CNC(=O)C2CCC2)C1. The molecule has 13 heavy (non-hydrogen) atoms. The molecule has 1 saturated heterocycles. The first-order chi connectivity index (χ1) is 6.25. The molecule has 1 heterocycles. The summed E-state index contributed by atoms with van der Waals surface area (Å²) in [6.07, 6.45) is 3.46. The number of likely N-dealkylation sites (tertiary alicyclic amines) is 1. The molecule has 2 rings (SSSR count). The molecule has 0 atom stereocenters. The van der Waals surface area contributed by atoms with Gasteiger partial charge in [-0.25, -0.2) is 0 Å². The Labute approximate surface area is 79.5 Å². The van der Waals surface area contributed by atoms with Crippen LogP contribution in [0.4, 0.5) is 0 Å². The second-order valence-corrected chi connectivity index (χ2v) is 4.46. The van der Waals surface area contributed by atoms with Crippen molar-refractivity contribution in [3.05, 3.63) is 0 Å². The predicted octanol–water partition coefficient (Wildman–Crippen LogP) is 0.464. The lowest BCUT2D eigenvalue weighted by Gasteiger charge is -2.36. The first kappa shape index (κ1) is 9.00. The molecule has 0 aromatic heterocycles. The van der Waals surface area contributed by atoms with Gasteiger partial charge in [-0.1, -0.05) is 6.42 Å². The quantitative estimate of drug-likeness (QED) is 0.688. The van der Waals surface area contributed by atoms with Gasteiger partial charge in [-0.2, -0.15) is 0 Å². The van der Waals surface area contributed by atoms with Crippen molar-refractivity contribution in [2.45, 2.75) is 19.3 Å². The average Bonchev–Trinajstić information content (AvgIpc) is 1.92. The maximum Gasteiger partial charge on any atom is 0.223 e. The van der Waals surface area contributed by atoms with Gasteiger partial charge in [0, 0.05) is 31.5 Å². The Hall–Kier alpha value is -0.570. The molecule has 0 aromatic carbocycles. The van der Waals surface area contributed by atoms with E-state index in [2.05, 4.69) is 17.3 Å². The van der Waals surface area contributed by atoms with Crippen LogP contribution in [0.3, 0.4) is 0 Å². The summed E-state index contributed by atoms with van der Waals surface area (Å²) in [6.45, 7) is 3.18. The van der Waals surface area contributed by atoms with Crippen LogP contribution in [-0.4, -0.2) is 37.5 Å². The Kier molecular flexibility index (Phi) is 2.54. The number of carbonyl (C=O) groups excluding carboxylic acids is 1. The molecule has 0 unspecified atom stereocenters. The zero-order chi connectivity index (χ0) is 9.26. The molecule has 3 heteroatoms. The number of hydrogen-bond acceptors (Lipinski definition) is 2. The van der Waals surface area contributed by atoms with Crippen LogP contribution in [0.15, 0.2) is 0 Å². The first-order valence-electron chi connectivity index (χ1n) is 5.22. The van der Waals surface area contributed by atoms with Crippen LogP contribution in [0.25, 0.3) is 0 Å². The summed E-state index contributed by atoms with van der Waals surface area (Å²) >= 11 is 0. The molecule has 1 aliphatic carbocycles. The Bertz CT molecular complexity index is 195. The first-order valence-corrected chi connectivity index (χ1v) is 5.22. The van der Waals surface area contributed by atoms with Gasteiger partial charge in [0.15, 0.2) is 0 Å². The lowest BCUT2D eigenvalue weighted by atomic mass is 9.84. The number of amides is 1. The highest BCUT2D eigenvalue weighted by atomic mass is 16.1. The highest BCUT2D eigenvalue weighted by Crippen LogP contribution is 2.26. The van der Waals surface area contributed by atoms with E-state index in [0.717, 1.165) is 32.5 Å². The third-order valence-corrected chi connectivity index (χ3v) is 3.18. The smallest absolute Gasteiger partial charge is 0.223 e. The fraction of sp³-hybridized carbons (Fsp3) is 0.900. The number of nitrogens with one attached hydrogen (secondary N) is 1. The molecule has 0 radical (unpaired) electrons. The molecule has 1 aliphatic heterocycles. The van der Waals surface area contributed by atoms with E-state index in [0.29, 0.717) is 17.7 Å². The second-order valence-electron chi connectivity index (χ2n) is 4.46. The molecule has 0 bridgehead atoms. The Morgan fingerprint density at radius 2 is 2.15 bits per heavy atom. The maximum atomic E-state index is 11.4. The molecule has 2 aliphatic rings. The molecule has 74 valence electrons. The van der Waals surface area contributed by atoms with E-state index in [1.54, 1.807) is 0 Å². The number of rotatable bonds is 3. The molecular formula is C10H18N2O. The zero-order valence-corrected chi connectivity index (χ0v) is 8.25. The summed E-state index contributed by atoms with van der Waals surface area (Å²) in [7, 11) is 2.12. The Balaban J connectivity index is 1.59. The van der Waals surface area contributed by atoms with E-state index in [1.165, 1.54) is 6.42 Å². The van der Waals surface area contributed by atoms with E-state index in [4.69, 9.17) is 0 Å². The second kappa shape index (κ2) is 3.66. The summed E-state index contributed by atoms with van der Waals surface area (Å²) in [5.41, 5.74) is 0. The summed E-state index contributed by atoms with van der Waals surface area (Å²) in [5, 5.41) is 3.04. The van der Waals surface area contributed by atoms with E-state index >= 15 is 0 Å². The molecule has 0 spiro atoms. The van der Waals surface area contributed by atoms with Crippen LogP contribution >= 0.6 is 0 Å². The Morgan fingerprint density at radius 3 is 2.62 bits per heavy atom. The van der Waals surface area contributed by atoms with Gasteiger partial charge in [0.2, 0.25) is 5.91 Å². The van der Waals surface area contributed by atoms with Gasteiger partial charge < -0.3 is 10.2 Å². The topological polar surface area (TPSA) is 32.3 Å². The van der Waals surface area contributed by atoms with Crippen LogP contribution < -0.4 is 5.32 Å². The van der Waals surface area contributed by atoms with Crippen molar-refractivity contribution < 1.29 is 4.79 Å². The van der Waals surface area contributed by atoms with Crippen molar-refractivity contribution in [3.8, 4) is 0 Å². The fourth-order valence-electron chi connectivity index (χ4n) is 2.02. The van der Waals surface area contributed by atoms with Crippen molar-refractivity contribution in [1.29, 1.82) is 0 Å². The molecular weight excluding hydrogens is 164 g/mol. The maximum absolute atomic E-state index is 11.4. The van der Waals surface area contributed by atoms with Crippen molar-refractivity contribution in [1.82, 2.24) is 10.2 Å². The molecule has 2 fully saturated rings. The average molecular weight is 182 g/mol. The zero-order valence-electron chi connectivity index (χ0n) is 8.25. The van der Waals surface area contributed by atoms with Gasteiger partial charge in [-0.05, 0) is 19.9 Å². The normalized spacial score (nSPS) is 25.0. The Morgan fingerprint density at radius 1 is 1.46 bits per heavy atom. The molecule has 0 aromatic rings. The minimum Gasteiger partial charge on any atom is -0.355 e. The van der Waals surface area contributed by atoms with Crippen LogP contribution in [0.1, 0.15) is 19.3 Å². The standard InChI is InChI=1S/C10H18N2O/c1-12-6-8(7-12)5-11-10(13)9-3-2-4-9/h8-9H,2-7H2,1H3,(H,11,13). The van der Waals surface area contributed by atoms with Crippen molar-refractivity contribution >= 4 is 5.91 Å². The summed E-state index contributed by atoms with van der Waals surface area (Å²) < 4.78 is 0. The molecule has 1 saturated carbocycles. The van der Waals surface area contributed by atoms with Crippen molar-refractivity contribution in [2.24, 2.45) is 11.8 Å². The van der Waals surface area contributed by atoms with Crippen LogP contribution in [0.5, 0.6) is 0 Å². The van der Waals surface area contributed by atoms with Gasteiger partial charge >= 0.3 is 0 Å². The largest absolute Gasteiger partial charge is 0.355 e. The van der Waals surface area contributed by atoms with Gasteiger partial charge in [0.05, 0.1) is 0 Å². The summed E-state index contributed by atoms with van der Waals surface area (Å²) in [5.74, 6) is 1.34. The van der Waals surface area contributed by atoms with E-state index in [1.807, 2.05) is 0 Å². The van der Waals surface area contributed by atoms with E-state index < -0.39 is 0 Å². The van der Waals surface area contributed by atoms with Crippen molar-refractivity contribution in [2.75, 3.05) is 26.7 Å². The van der Waals surface area contributed by atoms with Gasteiger partial charge in [-0.15, -0.1) is 0 Å². The lowest BCUT2D eigenvalue weighted by molar-refractivity contribution is -0.127. The number of nitrogens with zero attached hydrogens (tertiary/aromatic N) is 1. The number of hydrogen-bond donors (Lipinski definition) is 1. The van der Waals surface area contributed by atoms with Gasteiger partial charge in [0.1, 0.15) is 0 Å². The van der Waals surface area contributed by atoms with Crippen LogP contribution in [0, 0.1) is 11.8 Å². The minimum atomic E-state index is 0.292. The van der Waals surface area contributed by atoms with Gasteiger partial charge in [0.25, 0.3) is 0 Å². The highest BCUT2D eigenvalue weighted by molar-refractivity contribution is 5.79. The number of carbonyl (C=O) groups is 1. The molecule has 3 nitrogen and oxygen atoms in total. The lowest BCUT2D eigenvalue weighted by Crippen LogP contribution is -2.50. The third kappa shape index (κ3) is 2.02. The third-order valence-electron chi connectivity index (χ3n) is 3.18. The molecule has 1 N–H and O–H groups in total. The van der Waals surface area contributed by atoms with Crippen molar-refractivity contribution in [3.63, 3.8) is 0 Å². The summed E-state index contributed by atoms with van der Waals surface area (Å²) in [6, 6.07) is 0. The predicted molar refractivity (Wildman–Crippen MR) is 51.3 cm³/mol. The van der Waals surface area contributed by atoms with Crippen LogP contribution in [-0.2, 0) is 4.79 Å². The molecule has 1 amide bonds. The minimum absolute atomic E-state index is 0.292. The van der Waals surface area contributed by atoms with Crippen LogP contribution in [0.2, 0.25) is 0 Å².